The van der Waals surface area contributed by atoms with Gasteiger partial charge in [-0.05, 0) is 36.4 Å². The first kappa shape index (κ1) is 11.7. The number of aryl methyl sites for hydroxylation is 1. The molecule has 0 unspecified atom stereocenters. The number of rotatable bonds is 3. The summed E-state index contributed by atoms with van der Waals surface area (Å²) in [6, 6.07) is 12.9. The van der Waals surface area contributed by atoms with Crippen LogP contribution in [-0.2, 0) is 6.42 Å². The van der Waals surface area contributed by atoms with Gasteiger partial charge >= 0.3 is 0 Å². The van der Waals surface area contributed by atoms with Gasteiger partial charge in [0.2, 0.25) is 5.78 Å². The molecule has 0 spiro atoms. The molecule has 2 heterocycles. The molecule has 94 valence electrons. The Balaban J connectivity index is 2.01. The molecule has 3 rings (SSSR count). The van der Waals surface area contributed by atoms with Crippen LogP contribution in [-0.4, -0.2) is 10.8 Å². The Morgan fingerprint density at radius 3 is 2.89 bits per heavy atom. The number of carbonyl (C=O) groups is 1. The molecule has 0 radical (unpaired) electrons. The third-order valence-electron chi connectivity index (χ3n) is 3.10. The maximum Gasteiger partial charge on any atom is 0.228 e. The largest absolute Gasteiger partial charge is 0.458 e. The van der Waals surface area contributed by atoms with Crippen LogP contribution in [0.15, 0.2) is 53.1 Å². The summed E-state index contributed by atoms with van der Waals surface area (Å²) in [7, 11) is 0. The molecule has 0 saturated carbocycles. The van der Waals surface area contributed by atoms with Crippen molar-refractivity contribution >= 4 is 16.7 Å². The SMILES string of the molecule is CCc1ccc(C(=O)c2ccc3ncccc3c2)o1. The number of benzene rings is 1. The lowest BCUT2D eigenvalue weighted by Gasteiger charge is -2.00. The van der Waals surface area contributed by atoms with E-state index in [2.05, 4.69) is 4.98 Å². The van der Waals surface area contributed by atoms with Crippen molar-refractivity contribution < 1.29 is 9.21 Å². The van der Waals surface area contributed by atoms with Gasteiger partial charge in [-0.1, -0.05) is 13.0 Å². The maximum atomic E-state index is 12.3. The Kier molecular flexibility index (Phi) is 2.88. The Labute approximate surface area is 110 Å². The van der Waals surface area contributed by atoms with E-state index in [9.17, 15) is 4.79 Å². The van der Waals surface area contributed by atoms with E-state index in [1.807, 2.05) is 37.3 Å². The molecule has 0 aliphatic rings. The monoisotopic (exact) mass is 251 g/mol. The third kappa shape index (κ3) is 2.15. The van der Waals surface area contributed by atoms with E-state index >= 15 is 0 Å². The van der Waals surface area contributed by atoms with Crippen molar-refractivity contribution in [2.45, 2.75) is 13.3 Å². The number of hydrogen-bond donors (Lipinski definition) is 0. The maximum absolute atomic E-state index is 12.3. The van der Waals surface area contributed by atoms with Crippen molar-refractivity contribution in [3.8, 4) is 0 Å². The molecule has 0 fully saturated rings. The van der Waals surface area contributed by atoms with Gasteiger partial charge in [-0.3, -0.25) is 9.78 Å². The van der Waals surface area contributed by atoms with Gasteiger partial charge in [-0.25, -0.2) is 0 Å². The number of hydrogen-bond acceptors (Lipinski definition) is 3. The third-order valence-corrected chi connectivity index (χ3v) is 3.10. The smallest absolute Gasteiger partial charge is 0.228 e. The summed E-state index contributed by atoms with van der Waals surface area (Å²) in [5.41, 5.74) is 1.50. The van der Waals surface area contributed by atoms with E-state index in [4.69, 9.17) is 4.42 Å². The Morgan fingerprint density at radius 1 is 1.21 bits per heavy atom. The summed E-state index contributed by atoms with van der Waals surface area (Å²) >= 11 is 0. The van der Waals surface area contributed by atoms with Crippen molar-refractivity contribution in [3.05, 3.63) is 65.7 Å². The van der Waals surface area contributed by atoms with Crippen LogP contribution in [0.5, 0.6) is 0 Å². The standard InChI is InChI=1S/C16H13NO2/c1-2-13-6-8-15(19-13)16(18)12-5-7-14-11(10-12)4-3-9-17-14/h3-10H,2H2,1H3. The van der Waals surface area contributed by atoms with E-state index in [0.29, 0.717) is 11.3 Å². The Morgan fingerprint density at radius 2 is 2.11 bits per heavy atom. The molecular weight excluding hydrogens is 238 g/mol. The fourth-order valence-corrected chi connectivity index (χ4v) is 2.05. The van der Waals surface area contributed by atoms with Crippen molar-refractivity contribution in [2.75, 3.05) is 0 Å². The van der Waals surface area contributed by atoms with Crippen LogP contribution >= 0.6 is 0 Å². The van der Waals surface area contributed by atoms with Crippen LogP contribution in [0.3, 0.4) is 0 Å². The molecule has 0 saturated heterocycles. The van der Waals surface area contributed by atoms with Crippen LogP contribution < -0.4 is 0 Å². The minimum atomic E-state index is -0.0922. The lowest BCUT2D eigenvalue weighted by atomic mass is 10.1. The first-order chi connectivity index (χ1) is 9.28. The highest BCUT2D eigenvalue weighted by Crippen LogP contribution is 2.18. The second-order valence-corrected chi connectivity index (χ2v) is 4.36. The average Bonchev–Trinajstić information content (AvgIpc) is 2.95. The number of fused-ring (bicyclic) bond motifs is 1. The van der Waals surface area contributed by atoms with Gasteiger partial charge in [0, 0.05) is 23.6 Å². The van der Waals surface area contributed by atoms with Crippen LogP contribution in [0.1, 0.15) is 28.8 Å². The molecule has 0 N–H and O–H groups in total. The van der Waals surface area contributed by atoms with Crippen LogP contribution in [0, 0.1) is 0 Å². The summed E-state index contributed by atoms with van der Waals surface area (Å²) in [5, 5.41) is 0.954. The van der Waals surface area contributed by atoms with Crippen molar-refractivity contribution in [3.63, 3.8) is 0 Å². The summed E-state index contributed by atoms with van der Waals surface area (Å²) < 4.78 is 5.50. The minimum absolute atomic E-state index is 0.0922. The molecule has 1 aromatic carbocycles. The summed E-state index contributed by atoms with van der Waals surface area (Å²) in [4.78, 5) is 16.5. The molecule has 0 bridgehead atoms. The molecule has 3 aromatic rings. The van der Waals surface area contributed by atoms with E-state index in [-0.39, 0.29) is 5.78 Å². The van der Waals surface area contributed by atoms with Crippen LogP contribution in [0.4, 0.5) is 0 Å². The molecular formula is C16H13NO2. The molecule has 0 amide bonds. The average molecular weight is 251 g/mol. The topological polar surface area (TPSA) is 43.1 Å². The number of pyridine rings is 1. The Bertz CT molecular complexity index is 743. The zero-order chi connectivity index (χ0) is 13.2. The first-order valence-corrected chi connectivity index (χ1v) is 6.26. The fraction of sp³-hybridized carbons (Fsp3) is 0.125. The van der Waals surface area contributed by atoms with Crippen LogP contribution in [0.25, 0.3) is 10.9 Å². The Hall–Kier alpha value is -2.42. The lowest BCUT2D eigenvalue weighted by Crippen LogP contribution is -1.99. The van der Waals surface area contributed by atoms with Crippen molar-refractivity contribution in [1.82, 2.24) is 4.98 Å². The highest BCUT2D eigenvalue weighted by Gasteiger charge is 2.13. The predicted octanol–water partition coefficient (Wildman–Crippen LogP) is 3.62. The van der Waals surface area contributed by atoms with Gasteiger partial charge in [-0.2, -0.15) is 0 Å². The fourth-order valence-electron chi connectivity index (χ4n) is 2.05. The first-order valence-electron chi connectivity index (χ1n) is 6.26. The second kappa shape index (κ2) is 4.69. The normalized spacial score (nSPS) is 10.8. The van der Waals surface area contributed by atoms with E-state index in [1.54, 1.807) is 18.3 Å². The number of ketones is 1. The molecule has 3 nitrogen and oxygen atoms in total. The van der Waals surface area contributed by atoms with E-state index in [1.165, 1.54) is 0 Å². The predicted molar refractivity (Wildman–Crippen MR) is 73.3 cm³/mol. The zero-order valence-corrected chi connectivity index (χ0v) is 10.6. The van der Waals surface area contributed by atoms with Gasteiger partial charge in [-0.15, -0.1) is 0 Å². The van der Waals surface area contributed by atoms with Gasteiger partial charge in [0.1, 0.15) is 5.76 Å². The van der Waals surface area contributed by atoms with Crippen LogP contribution in [0.2, 0.25) is 0 Å². The van der Waals surface area contributed by atoms with Gasteiger partial charge in [0.15, 0.2) is 5.76 Å². The second-order valence-electron chi connectivity index (χ2n) is 4.36. The molecule has 0 aliphatic heterocycles. The summed E-state index contributed by atoms with van der Waals surface area (Å²) in [6.07, 6.45) is 2.53. The van der Waals surface area contributed by atoms with Gasteiger partial charge in [0.05, 0.1) is 5.52 Å². The van der Waals surface area contributed by atoms with Gasteiger partial charge < -0.3 is 4.42 Å². The summed E-state index contributed by atoms with van der Waals surface area (Å²) in [6.45, 7) is 1.99. The molecule has 0 aliphatic carbocycles. The molecule has 0 atom stereocenters. The van der Waals surface area contributed by atoms with Crippen molar-refractivity contribution in [1.29, 1.82) is 0 Å². The number of nitrogens with zero attached hydrogens (tertiary/aromatic N) is 1. The highest BCUT2D eigenvalue weighted by atomic mass is 16.3. The minimum Gasteiger partial charge on any atom is -0.458 e. The number of aromatic nitrogens is 1. The highest BCUT2D eigenvalue weighted by molar-refractivity contribution is 6.08. The summed E-state index contributed by atoms with van der Waals surface area (Å²) in [5.74, 6) is 1.12. The number of furan rings is 1. The van der Waals surface area contributed by atoms with E-state index < -0.39 is 0 Å². The van der Waals surface area contributed by atoms with Gasteiger partial charge in [0.25, 0.3) is 0 Å². The quantitative estimate of drug-likeness (QED) is 0.668. The zero-order valence-electron chi connectivity index (χ0n) is 10.6. The molecule has 19 heavy (non-hydrogen) atoms. The molecule has 2 aromatic heterocycles. The molecule has 3 heteroatoms. The lowest BCUT2D eigenvalue weighted by molar-refractivity contribution is 0.101. The number of carbonyl (C=O) groups excluding carboxylic acids is 1. The van der Waals surface area contributed by atoms with Crippen molar-refractivity contribution in [2.24, 2.45) is 0 Å². The van der Waals surface area contributed by atoms with E-state index in [0.717, 1.165) is 23.1 Å².